The fourth-order valence-electron chi connectivity index (χ4n) is 1.72. The Bertz CT molecular complexity index is 285. The number of nitrogens with zero attached hydrogens (tertiary/aromatic N) is 2. The van der Waals surface area contributed by atoms with Gasteiger partial charge >= 0.3 is 0 Å². The number of nitrogens with one attached hydrogen (secondary N) is 1. The van der Waals surface area contributed by atoms with Crippen LogP contribution in [-0.2, 0) is 9.59 Å². The lowest BCUT2D eigenvalue weighted by Gasteiger charge is -2.29. The molecule has 2 amide bonds. The molecule has 1 aliphatic rings. The summed E-state index contributed by atoms with van der Waals surface area (Å²) >= 11 is 0. The minimum atomic E-state index is -0.00613. The first kappa shape index (κ1) is 13.7. The van der Waals surface area contributed by atoms with Crippen LogP contribution < -0.4 is 5.32 Å². The van der Waals surface area contributed by atoms with Crippen molar-refractivity contribution in [1.82, 2.24) is 15.1 Å². The number of amides is 2. The van der Waals surface area contributed by atoms with Gasteiger partial charge in [0.1, 0.15) is 0 Å². The van der Waals surface area contributed by atoms with Gasteiger partial charge in [-0.2, -0.15) is 0 Å². The van der Waals surface area contributed by atoms with Gasteiger partial charge in [-0.25, -0.2) is 0 Å². The molecule has 0 atom stereocenters. The Morgan fingerprint density at radius 1 is 1.41 bits per heavy atom. The molecule has 96 valence electrons. The van der Waals surface area contributed by atoms with Gasteiger partial charge in [0.2, 0.25) is 11.8 Å². The zero-order valence-corrected chi connectivity index (χ0v) is 10.4. The second kappa shape index (κ2) is 7.06. The van der Waals surface area contributed by atoms with Crippen molar-refractivity contribution in [3.8, 4) is 0 Å². The number of hydrogen-bond acceptors (Lipinski definition) is 3. The van der Waals surface area contributed by atoms with Crippen LogP contribution in [0.3, 0.4) is 0 Å². The second-order valence-electron chi connectivity index (χ2n) is 4.21. The number of likely N-dealkylation sites (N-methyl/N-ethyl adjacent to an activating group) is 1. The van der Waals surface area contributed by atoms with Gasteiger partial charge in [0.05, 0.1) is 6.54 Å². The van der Waals surface area contributed by atoms with Crippen LogP contribution in [-0.4, -0.2) is 61.4 Å². The van der Waals surface area contributed by atoms with E-state index in [4.69, 9.17) is 0 Å². The van der Waals surface area contributed by atoms with Crippen molar-refractivity contribution >= 4 is 11.8 Å². The first-order valence-electron chi connectivity index (χ1n) is 5.98. The van der Waals surface area contributed by atoms with Crippen LogP contribution >= 0.6 is 0 Å². The standard InChI is InChI=1S/C12H21N3O2/c1-3-4-5-11(16)14(2)10-12(17)15-8-6-13-7-9-15/h3,13H,1,4-10H2,2H3. The fourth-order valence-corrected chi connectivity index (χ4v) is 1.72. The molecule has 1 N–H and O–H groups in total. The van der Waals surface area contributed by atoms with Crippen LogP contribution in [0.1, 0.15) is 12.8 Å². The lowest BCUT2D eigenvalue weighted by Crippen LogP contribution is -2.49. The molecule has 0 aromatic carbocycles. The zero-order valence-electron chi connectivity index (χ0n) is 10.4. The molecule has 0 bridgehead atoms. The summed E-state index contributed by atoms with van der Waals surface area (Å²) in [6.07, 6.45) is 2.80. The SMILES string of the molecule is C=CCCC(=O)N(C)CC(=O)N1CCNCC1. The molecular weight excluding hydrogens is 218 g/mol. The number of rotatable bonds is 5. The second-order valence-corrected chi connectivity index (χ2v) is 4.21. The number of carbonyl (C=O) groups is 2. The molecule has 0 spiro atoms. The molecule has 1 aliphatic heterocycles. The molecule has 5 nitrogen and oxygen atoms in total. The smallest absolute Gasteiger partial charge is 0.242 e. The quantitative estimate of drug-likeness (QED) is 0.678. The van der Waals surface area contributed by atoms with E-state index in [1.807, 2.05) is 0 Å². The third-order valence-electron chi connectivity index (χ3n) is 2.83. The molecule has 1 rings (SSSR count). The normalized spacial score (nSPS) is 15.5. The van der Waals surface area contributed by atoms with Gasteiger partial charge in [0.25, 0.3) is 0 Å². The van der Waals surface area contributed by atoms with E-state index in [1.54, 1.807) is 18.0 Å². The summed E-state index contributed by atoms with van der Waals surface area (Å²) in [6, 6.07) is 0. The zero-order chi connectivity index (χ0) is 12.7. The van der Waals surface area contributed by atoms with E-state index >= 15 is 0 Å². The lowest BCUT2D eigenvalue weighted by molar-refractivity contribution is -0.139. The van der Waals surface area contributed by atoms with E-state index < -0.39 is 0 Å². The van der Waals surface area contributed by atoms with E-state index in [-0.39, 0.29) is 18.4 Å². The predicted octanol–water partition coefficient (Wildman–Crippen LogP) is -0.157. The van der Waals surface area contributed by atoms with Gasteiger partial charge < -0.3 is 15.1 Å². The van der Waals surface area contributed by atoms with E-state index in [0.717, 1.165) is 26.2 Å². The number of allylic oxidation sites excluding steroid dienone is 1. The predicted molar refractivity (Wildman–Crippen MR) is 66.5 cm³/mol. The van der Waals surface area contributed by atoms with Crippen molar-refractivity contribution in [2.75, 3.05) is 39.8 Å². The monoisotopic (exact) mass is 239 g/mol. The number of piperazine rings is 1. The van der Waals surface area contributed by atoms with Crippen molar-refractivity contribution in [2.24, 2.45) is 0 Å². The van der Waals surface area contributed by atoms with E-state index in [0.29, 0.717) is 12.8 Å². The van der Waals surface area contributed by atoms with Gasteiger partial charge in [0, 0.05) is 39.6 Å². The Labute approximate surface area is 102 Å². The van der Waals surface area contributed by atoms with Gasteiger partial charge in [-0.1, -0.05) is 6.08 Å². The van der Waals surface area contributed by atoms with Crippen LogP contribution in [0.4, 0.5) is 0 Å². The van der Waals surface area contributed by atoms with Gasteiger partial charge in [-0.3, -0.25) is 9.59 Å². The minimum Gasteiger partial charge on any atom is -0.339 e. The Morgan fingerprint density at radius 3 is 2.65 bits per heavy atom. The maximum atomic E-state index is 11.9. The maximum Gasteiger partial charge on any atom is 0.242 e. The summed E-state index contributed by atoms with van der Waals surface area (Å²) in [6.45, 7) is 6.88. The van der Waals surface area contributed by atoms with Gasteiger partial charge in [-0.15, -0.1) is 6.58 Å². The highest BCUT2D eigenvalue weighted by atomic mass is 16.2. The summed E-state index contributed by atoms with van der Waals surface area (Å²) < 4.78 is 0. The van der Waals surface area contributed by atoms with E-state index in [9.17, 15) is 9.59 Å². The first-order valence-corrected chi connectivity index (χ1v) is 5.98. The summed E-state index contributed by atoms with van der Waals surface area (Å²) in [5.74, 6) is 0.0225. The highest BCUT2D eigenvalue weighted by molar-refractivity contribution is 5.84. The molecule has 17 heavy (non-hydrogen) atoms. The lowest BCUT2D eigenvalue weighted by atomic mass is 10.2. The molecule has 0 aromatic heterocycles. The van der Waals surface area contributed by atoms with Crippen LogP contribution in [0.2, 0.25) is 0 Å². The highest BCUT2D eigenvalue weighted by Gasteiger charge is 2.19. The average molecular weight is 239 g/mol. The van der Waals surface area contributed by atoms with Gasteiger partial charge in [-0.05, 0) is 6.42 Å². The molecule has 0 unspecified atom stereocenters. The van der Waals surface area contributed by atoms with Crippen LogP contribution in [0.5, 0.6) is 0 Å². The minimum absolute atomic E-state index is 0.00613. The highest BCUT2D eigenvalue weighted by Crippen LogP contribution is 1.99. The Kier molecular flexibility index (Phi) is 5.69. The Hall–Kier alpha value is -1.36. The average Bonchev–Trinajstić information content (AvgIpc) is 2.36. The molecule has 1 saturated heterocycles. The molecule has 0 aromatic rings. The molecule has 1 heterocycles. The summed E-state index contributed by atoms with van der Waals surface area (Å²) in [5.41, 5.74) is 0. The Morgan fingerprint density at radius 2 is 2.06 bits per heavy atom. The van der Waals surface area contributed by atoms with Gasteiger partial charge in [0.15, 0.2) is 0 Å². The summed E-state index contributed by atoms with van der Waals surface area (Å²) in [5, 5.41) is 3.19. The molecule has 5 heteroatoms. The van der Waals surface area contributed by atoms with Crippen LogP contribution in [0, 0.1) is 0 Å². The largest absolute Gasteiger partial charge is 0.339 e. The fraction of sp³-hybridized carbons (Fsp3) is 0.667. The van der Waals surface area contributed by atoms with Crippen LogP contribution in [0.15, 0.2) is 12.7 Å². The molecule has 0 saturated carbocycles. The molecule has 0 aliphatic carbocycles. The maximum absolute atomic E-state index is 11.9. The topological polar surface area (TPSA) is 52.7 Å². The third kappa shape index (κ3) is 4.56. The van der Waals surface area contributed by atoms with E-state index in [1.165, 1.54) is 4.90 Å². The summed E-state index contributed by atoms with van der Waals surface area (Å²) in [7, 11) is 1.67. The molecule has 0 radical (unpaired) electrons. The van der Waals surface area contributed by atoms with Crippen molar-refractivity contribution < 1.29 is 9.59 Å². The van der Waals surface area contributed by atoms with E-state index in [2.05, 4.69) is 11.9 Å². The molecular formula is C12H21N3O2. The number of carbonyl (C=O) groups excluding carboxylic acids is 2. The van der Waals surface area contributed by atoms with Crippen LogP contribution in [0.25, 0.3) is 0 Å². The summed E-state index contributed by atoms with van der Waals surface area (Å²) in [4.78, 5) is 26.8. The van der Waals surface area contributed by atoms with Crippen molar-refractivity contribution in [1.29, 1.82) is 0 Å². The number of hydrogen-bond donors (Lipinski definition) is 1. The van der Waals surface area contributed by atoms with Crippen molar-refractivity contribution in [3.05, 3.63) is 12.7 Å². The Balaban J connectivity index is 2.33. The van der Waals surface area contributed by atoms with Crippen molar-refractivity contribution in [3.63, 3.8) is 0 Å². The molecule has 1 fully saturated rings. The van der Waals surface area contributed by atoms with Crippen molar-refractivity contribution in [2.45, 2.75) is 12.8 Å². The third-order valence-corrected chi connectivity index (χ3v) is 2.83. The first-order chi connectivity index (χ1) is 8.15.